The largest absolute Gasteiger partial charge is 0.481 e. The van der Waals surface area contributed by atoms with Crippen molar-refractivity contribution in [3.8, 4) is 28.4 Å². The molecule has 0 aliphatic carbocycles. The second-order valence-corrected chi connectivity index (χ2v) is 5.87. The maximum Gasteiger partial charge on any atom is 0.213 e. The third-order valence-corrected chi connectivity index (χ3v) is 4.08. The van der Waals surface area contributed by atoms with Gasteiger partial charge in [0.2, 0.25) is 5.88 Å². The van der Waals surface area contributed by atoms with E-state index < -0.39 is 0 Å². The van der Waals surface area contributed by atoms with Gasteiger partial charge < -0.3 is 10.5 Å². The summed E-state index contributed by atoms with van der Waals surface area (Å²) in [7, 11) is 1.56. The van der Waals surface area contributed by atoms with Crippen LogP contribution in [0.2, 0.25) is 0 Å². The standard InChI is InChI=1S/C19H16FN5O/c1-11-8-13(10-15(23-11)26-2)17-16(12-4-3-5-14(20)9-12)24-18(21)19-22-6-7-25(17)19/h3-10H,1-2H3,(H2,21,24). The highest BCUT2D eigenvalue weighted by atomic mass is 19.1. The zero-order valence-electron chi connectivity index (χ0n) is 14.3. The average molecular weight is 349 g/mol. The van der Waals surface area contributed by atoms with E-state index in [1.54, 1.807) is 31.6 Å². The second-order valence-electron chi connectivity index (χ2n) is 5.87. The quantitative estimate of drug-likeness (QED) is 0.612. The van der Waals surface area contributed by atoms with Crippen molar-refractivity contribution in [2.75, 3.05) is 12.8 Å². The molecule has 0 spiro atoms. The minimum atomic E-state index is -0.344. The summed E-state index contributed by atoms with van der Waals surface area (Å²) in [6.45, 7) is 1.88. The minimum absolute atomic E-state index is 0.274. The fourth-order valence-corrected chi connectivity index (χ4v) is 3.00. The summed E-state index contributed by atoms with van der Waals surface area (Å²) in [6.07, 6.45) is 3.45. The Morgan fingerprint density at radius 3 is 2.73 bits per heavy atom. The van der Waals surface area contributed by atoms with Gasteiger partial charge in [-0.3, -0.25) is 4.40 Å². The Bertz CT molecular complexity index is 1120. The van der Waals surface area contributed by atoms with E-state index in [2.05, 4.69) is 15.0 Å². The molecule has 0 saturated heterocycles. The predicted molar refractivity (Wildman–Crippen MR) is 97.3 cm³/mol. The summed E-state index contributed by atoms with van der Waals surface area (Å²) < 4.78 is 21.0. The molecule has 6 nitrogen and oxygen atoms in total. The van der Waals surface area contributed by atoms with Crippen molar-refractivity contribution in [1.82, 2.24) is 19.4 Å². The first kappa shape index (κ1) is 16.0. The first-order valence-corrected chi connectivity index (χ1v) is 7.98. The molecule has 0 aliphatic heterocycles. The summed E-state index contributed by atoms with van der Waals surface area (Å²) in [5.41, 5.74) is 10.1. The van der Waals surface area contributed by atoms with Gasteiger partial charge >= 0.3 is 0 Å². The maximum absolute atomic E-state index is 13.8. The van der Waals surface area contributed by atoms with Crippen LogP contribution >= 0.6 is 0 Å². The number of nitrogen functional groups attached to an aromatic ring is 1. The molecule has 4 rings (SSSR count). The van der Waals surface area contributed by atoms with Gasteiger partial charge in [0.25, 0.3) is 0 Å². The molecule has 1 aromatic carbocycles. The lowest BCUT2D eigenvalue weighted by atomic mass is 10.0. The van der Waals surface area contributed by atoms with Gasteiger partial charge in [0, 0.05) is 35.3 Å². The molecule has 0 unspecified atom stereocenters. The van der Waals surface area contributed by atoms with Crippen molar-refractivity contribution >= 4 is 11.5 Å². The minimum Gasteiger partial charge on any atom is -0.481 e. The maximum atomic E-state index is 13.8. The molecule has 0 bridgehead atoms. The lowest BCUT2D eigenvalue weighted by Crippen LogP contribution is -2.04. The molecular weight excluding hydrogens is 333 g/mol. The normalized spacial score (nSPS) is 11.0. The van der Waals surface area contributed by atoms with E-state index in [0.29, 0.717) is 22.8 Å². The van der Waals surface area contributed by atoms with Crippen LogP contribution in [0.15, 0.2) is 48.8 Å². The SMILES string of the molecule is COc1cc(-c2c(-c3cccc(F)c3)nc(N)c3nccn23)cc(C)n1. The van der Waals surface area contributed by atoms with Crippen molar-refractivity contribution in [1.29, 1.82) is 0 Å². The lowest BCUT2D eigenvalue weighted by molar-refractivity contribution is 0.397. The van der Waals surface area contributed by atoms with Crippen LogP contribution in [0.1, 0.15) is 5.69 Å². The Hall–Kier alpha value is -3.48. The van der Waals surface area contributed by atoms with Crippen LogP contribution in [0.25, 0.3) is 28.2 Å². The number of aryl methyl sites for hydroxylation is 1. The van der Waals surface area contributed by atoms with Crippen LogP contribution in [0.5, 0.6) is 5.88 Å². The molecular formula is C19H16FN5O. The smallest absolute Gasteiger partial charge is 0.213 e. The highest BCUT2D eigenvalue weighted by molar-refractivity contribution is 5.83. The van der Waals surface area contributed by atoms with Crippen molar-refractivity contribution in [2.45, 2.75) is 6.92 Å². The van der Waals surface area contributed by atoms with Crippen LogP contribution in [0.4, 0.5) is 10.2 Å². The fraction of sp³-hybridized carbons (Fsp3) is 0.105. The molecule has 3 heterocycles. The Kier molecular flexibility index (Phi) is 3.76. The number of hydrogen-bond donors (Lipinski definition) is 1. The van der Waals surface area contributed by atoms with Gasteiger partial charge in [0.1, 0.15) is 5.82 Å². The van der Waals surface area contributed by atoms with Crippen molar-refractivity contribution in [2.24, 2.45) is 0 Å². The van der Waals surface area contributed by atoms with Crippen molar-refractivity contribution in [3.05, 3.63) is 60.3 Å². The van der Waals surface area contributed by atoms with E-state index in [-0.39, 0.29) is 11.6 Å². The first-order chi connectivity index (χ1) is 12.6. The highest BCUT2D eigenvalue weighted by Gasteiger charge is 2.18. The number of fused-ring (bicyclic) bond motifs is 1. The number of rotatable bonds is 3. The summed E-state index contributed by atoms with van der Waals surface area (Å²) in [5.74, 6) is 0.411. The van der Waals surface area contributed by atoms with E-state index in [1.807, 2.05) is 23.5 Å². The van der Waals surface area contributed by atoms with Crippen LogP contribution < -0.4 is 10.5 Å². The Morgan fingerprint density at radius 2 is 1.96 bits per heavy atom. The zero-order chi connectivity index (χ0) is 18.3. The van der Waals surface area contributed by atoms with E-state index in [9.17, 15) is 4.39 Å². The van der Waals surface area contributed by atoms with Crippen LogP contribution in [0.3, 0.4) is 0 Å². The third kappa shape index (κ3) is 2.63. The molecule has 130 valence electrons. The van der Waals surface area contributed by atoms with E-state index in [1.165, 1.54) is 12.1 Å². The molecule has 3 aromatic heterocycles. The molecule has 0 saturated carbocycles. The Morgan fingerprint density at radius 1 is 1.12 bits per heavy atom. The van der Waals surface area contributed by atoms with Gasteiger partial charge in [-0.2, -0.15) is 0 Å². The highest BCUT2D eigenvalue weighted by Crippen LogP contribution is 2.34. The second kappa shape index (κ2) is 6.11. The molecule has 2 N–H and O–H groups in total. The molecule has 0 fully saturated rings. The molecule has 0 atom stereocenters. The van der Waals surface area contributed by atoms with Crippen LogP contribution in [0, 0.1) is 12.7 Å². The fourth-order valence-electron chi connectivity index (χ4n) is 3.00. The van der Waals surface area contributed by atoms with E-state index in [4.69, 9.17) is 10.5 Å². The van der Waals surface area contributed by atoms with E-state index >= 15 is 0 Å². The zero-order valence-corrected chi connectivity index (χ0v) is 14.3. The number of anilines is 1. The third-order valence-electron chi connectivity index (χ3n) is 4.08. The molecule has 0 aliphatic rings. The number of aromatic nitrogens is 4. The van der Waals surface area contributed by atoms with Gasteiger partial charge in [0.05, 0.1) is 18.5 Å². The number of halogens is 1. The number of nitrogens with two attached hydrogens (primary N) is 1. The van der Waals surface area contributed by atoms with Crippen LogP contribution in [-0.4, -0.2) is 26.5 Å². The molecule has 0 radical (unpaired) electrons. The summed E-state index contributed by atoms with van der Waals surface area (Å²) >= 11 is 0. The van der Waals surface area contributed by atoms with Gasteiger partial charge in [0.15, 0.2) is 11.5 Å². The first-order valence-electron chi connectivity index (χ1n) is 7.98. The summed E-state index contributed by atoms with van der Waals surface area (Å²) in [4.78, 5) is 13.1. The molecule has 0 amide bonds. The van der Waals surface area contributed by atoms with E-state index in [0.717, 1.165) is 17.0 Å². The topological polar surface area (TPSA) is 78.3 Å². The number of hydrogen-bond acceptors (Lipinski definition) is 5. The van der Waals surface area contributed by atoms with Gasteiger partial charge in [-0.05, 0) is 25.1 Å². The predicted octanol–water partition coefficient (Wildman–Crippen LogP) is 3.50. The van der Waals surface area contributed by atoms with Crippen molar-refractivity contribution in [3.63, 3.8) is 0 Å². The van der Waals surface area contributed by atoms with Gasteiger partial charge in [-0.25, -0.2) is 19.3 Å². The van der Waals surface area contributed by atoms with Gasteiger partial charge in [-0.1, -0.05) is 12.1 Å². The Balaban J connectivity index is 2.10. The number of nitrogens with zero attached hydrogens (tertiary/aromatic N) is 4. The molecule has 7 heteroatoms. The van der Waals surface area contributed by atoms with Crippen LogP contribution in [-0.2, 0) is 0 Å². The van der Waals surface area contributed by atoms with Gasteiger partial charge in [-0.15, -0.1) is 0 Å². The number of pyridine rings is 1. The average Bonchev–Trinajstić information content (AvgIpc) is 3.11. The summed E-state index contributed by atoms with van der Waals surface area (Å²) in [5, 5.41) is 0. The molecule has 4 aromatic rings. The number of ether oxygens (including phenoxy) is 1. The molecule has 26 heavy (non-hydrogen) atoms. The van der Waals surface area contributed by atoms with Crippen molar-refractivity contribution < 1.29 is 9.13 Å². The number of imidazole rings is 1. The monoisotopic (exact) mass is 349 g/mol. The lowest BCUT2D eigenvalue weighted by Gasteiger charge is -2.14. The number of methoxy groups -OCH3 is 1. The Labute approximate surface area is 149 Å². The summed E-state index contributed by atoms with van der Waals surface area (Å²) in [6, 6.07) is 9.98. The number of benzene rings is 1.